The fourth-order valence-corrected chi connectivity index (χ4v) is 2.85. The summed E-state index contributed by atoms with van der Waals surface area (Å²) in [4.78, 5) is 25.0. The maximum absolute atomic E-state index is 12.6. The van der Waals surface area contributed by atoms with Crippen LogP contribution in [0.1, 0.15) is 42.5 Å². The van der Waals surface area contributed by atoms with Gasteiger partial charge in [-0.15, -0.1) is 0 Å². The van der Waals surface area contributed by atoms with Crippen molar-refractivity contribution in [2.24, 2.45) is 11.7 Å². The minimum atomic E-state index is -0.971. The number of carboxylic acid groups (broad SMARTS) is 1. The number of nitrogens with zero attached hydrogens (tertiary/aromatic N) is 1. The van der Waals surface area contributed by atoms with Crippen LogP contribution in [0.25, 0.3) is 0 Å². The third-order valence-electron chi connectivity index (χ3n) is 4.22. The second-order valence-corrected chi connectivity index (χ2v) is 5.66. The Balaban J connectivity index is 2.12. The number of nitrogens with two attached hydrogens (primary N) is 1. The van der Waals surface area contributed by atoms with E-state index in [-0.39, 0.29) is 23.4 Å². The summed E-state index contributed by atoms with van der Waals surface area (Å²) in [7, 11) is 1.72. The van der Waals surface area contributed by atoms with Crippen LogP contribution in [0.5, 0.6) is 0 Å². The first-order valence-electron chi connectivity index (χ1n) is 7.37. The van der Waals surface area contributed by atoms with Crippen LogP contribution >= 0.6 is 0 Å². The summed E-state index contributed by atoms with van der Waals surface area (Å²) in [5.74, 6) is -1.09. The van der Waals surface area contributed by atoms with Crippen molar-refractivity contribution in [3.63, 3.8) is 0 Å². The molecule has 1 aliphatic carbocycles. The predicted octanol–water partition coefficient (Wildman–Crippen LogP) is 2.26. The second kappa shape index (κ2) is 6.72. The number of hydrogen-bond acceptors (Lipinski definition) is 3. The van der Waals surface area contributed by atoms with Crippen LogP contribution in [0.3, 0.4) is 0 Å². The Labute approximate surface area is 124 Å². The van der Waals surface area contributed by atoms with Gasteiger partial charge in [0.15, 0.2) is 0 Å². The highest BCUT2D eigenvalue weighted by Gasteiger charge is 2.29. The Morgan fingerprint density at radius 1 is 1.14 bits per heavy atom. The van der Waals surface area contributed by atoms with Crippen LogP contribution < -0.4 is 10.6 Å². The molecule has 0 bridgehead atoms. The summed E-state index contributed by atoms with van der Waals surface area (Å²) in [5.41, 5.74) is 7.04. The van der Waals surface area contributed by atoms with Gasteiger partial charge in [-0.05, 0) is 37.1 Å². The number of aromatic carboxylic acids is 1. The number of rotatable bonds is 3. The molecule has 0 heterocycles. The molecule has 0 spiro atoms. The number of anilines is 1. The average Bonchev–Trinajstić information content (AvgIpc) is 2.70. The van der Waals surface area contributed by atoms with Crippen molar-refractivity contribution in [2.45, 2.75) is 38.1 Å². The van der Waals surface area contributed by atoms with Gasteiger partial charge in [0.2, 0.25) is 5.91 Å². The Kier molecular flexibility index (Phi) is 4.96. The second-order valence-electron chi connectivity index (χ2n) is 5.66. The van der Waals surface area contributed by atoms with Gasteiger partial charge in [0, 0.05) is 18.8 Å². The van der Waals surface area contributed by atoms with Crippen LogP contribution in [-0.4, -0.2) is 30.1 Å². The summed E-state index contributed by atoms with van der Waals surface area (Å²) in [6, 6.07) is 6.25. The summed E-state index contributed by atoms with van der Waals surface area (Å²) < 4.78 is 0. The van der Waals surface area contributed by atoms with Crippen molar-refractivity contribution >= 4 is 17.6 Å². The Bertz CT molecular complexity index is 513. The van der Waals surface area contributed by atoms with E-state index in [1.807, 2.05) is 0 Å². The molecule has 0 aliphatic heterocycles. The van der Waals surface area contributed by atoms with Crippen LogP contribution in [0, 0.1) is 5.92 Å². The molecule has 0 radical (unpaired) electrons. The van der Waals surface area contributed by atoms with E-state index < -0.39 is 5.97 Å². The maximum atomic E-state index is 12.6. The number of hydrogen-bond donors (Lipinski definition) is 2. The van der Waals surface area contributed by atoms with Gasteiger partial charge in [-0.25, -0.2) is 4.79 Å². The molecule has 1 aromatic rings. The Hall–Kier alpha value is -1.88. The minimum Gasteiger partial charge on any atom is -0.478 e. The lowest BCUT2D eigenvalue weighted by Gasteiger charge is -2.26. The van der Waals surface area contributed by atoms with Gasteiger partial charge in [0.25, 0.3) is 0 Å². The van der Waals surface area contributed by atoms with Gasteiger partial charge >= 0.3 is 5.97 Å². The molecule has 2 atom stereocenters. The zero-order valence-corrected chi connectivity index (χ0v) is 12.3. The minimum absolute atomic E-state index is 0.0208. The number of benzene rings is 1. The summed E-state index contributed by atoms with van der Waals surface area (Å²) in [5, 5.41) is 8.90. The van der Waals surface area contributed by atoms with Crippen molar-refractivity contribution < 1.29 is 14.7 Å². The van der Waals surface area contributed by atoms with E-state index in [2.05, 4.69) is 0 Å². The molecule has 1 aromatic carbocycles. The van der Waals surface area contributed by atoms with Gasteiger partial charge in [-0.3, -0.25) is 4.79 Å². The van der Waals surface area contributed by atoms with Crippen LogP contribution in [-0.2, 0) is 4.79 Å². The Morgan fingerprint density at radius 2 is 1.76 bits per heavy atom. The van der Waals surface area contributed by atoms with Gasteiger partial charge in [-0.1, -0.05) is 19.3 Å². The standard InChI is InChI=1S/C16H22N2O3/c1-18(12-9-7-11(8-10-12)16(20)21)15(19)13-5-3-2-4-6-14(13)17/h7-10,13-14H,2-6,17H2,1H3,(H,20,21). The van der Waals surface area contributed by atoms with Gasteiger partial charge in [-0.2, -0.15) is 0 Å². The molecule has 1 aliphatic rings. The van der Waals surface area contributed by atoms with Crippen molar-refractivity contribution in [3.05, 3.63) is 29.8 Å². The fourth-order valence-electron chi connectivity index (χ4n) is 2.85. The lowest BCUT2D eigenvalue weighted by atomic mass is 9.94. The molecule has 1 amide bonds. The van der Waals surface area contributed by atoms with E-state index >= 15 is 0 Å². The first-order valence-corrected chi connectivity index (χ1v) is 7.37. The average molecular weight is 290 g/mol. The molecule has 114 valence electrons. The van der Waals surface area contributed by atoms with E-state index in [0.29, 0.717) is 5.69 Å². The zero-order valence-electron chi connectivity index (χ0n) is 12.3. The molecule has 2 unspecified atom stereocenters. The van der Waals surface area contributed by atoms with E-state index in [1.165, 1.54) is 12.1 Å². The predicted molar refractivity (Wildman–Crippen MR) is 81.4 cm³/mol. The molecule has 1 saturated carbocycles. The molecule has 1 fully saturated rings. The molecular formula is C16H22N2O3. The van der Waals surface area contributed by atoms with Crippen molar-refractivity contribution in [1.29, 1.82) is 0 Å². The number of carbonyl (C=O) groups excluding carboxylic acids is 1. The third kappa shape index (κ3) is 3.61. The van der Waals surface area contributed by atoms with Crippen LogP contribution in [0.2, 0.25) is 0 Å². The fraction of sp³-hybridized carbons (Fsp3) is 0.500. The maximum Gasteiger partial charge on any atom is 0.335 e. The molecule has 5 nitrogen and oxygen atoms in total. The number of carboxylic acids is 1. The number of carbonyl (C=O) groups is 2. The van der Waals surface area contributed by atoms with Crippen LogP contribution in [0.15, 0.2) is 24.3 Å². The van der Waals surface area contributed by atoms with Gasteiger partial charge in [0.05, 0.1) is 11.5 Å². The highest BCUT2D eigenvalue weighted by Crippen LogP contribution is 2.25. The van der Waals surface area contributed by atoms with Crippen LogP contribution in [0.4, 0.5) is 5.69 Å². The SMILES string of the molecule is CN(C(=O)C1CCCCCC1N)c1ccc(C(=O)O)cc1. The molecule has 3 N–H and O–H groups in total. The van der Waals surface area contributed by atoms with E-state index in [4.69, 9.17) is 10.8 Å². The molecule has 0 aromatic heterocycles. The summed E-state index contributed by atoms with van der Waals surface area (Å²) in [6.07, 6.45) is 4.98. The van der Waals surface area contributed by atoms with Crippen molar-refractivity contribution in [2.75, 3.05) is 11.9 Å². The first-order chi connectivity index (χ1) is 10.0. The lowest BCUT2D eigenvalue weighted by molar-refractivity contribution is -0.122. The van der Waals surface area contributed by atoms with Gasteiger partial charge in [0.1, 0.15) is 0 Å². The van der Waals surface area contributed by atoms with E-state index in [1.54, 1.807) is 24.1 Å². The van der Waals surface area contributed by atoms with Crippen molar-refractivity contribution in [1.82, 2.24) is 0 Å². The largest absolute Gasteiger partial charge is 0.478 e. The van der Waals surface area contributed by atoms with E-state index in [0.717, 1.165) is 32.1 Å². The monoisotopic (exact) mass is 290 g/mol. The molecule has 0 saturated heterocycles. The molecule has 5 heteroatoms. The number of amides is 1. The summed E-state index contributed by atoms with van der Waals surface area (Å²) >= 11 is 0. The summed E-state index contributed by atoms with van der Waals surface area (Å²) in [6.45, 7) is 0. The van der Waals surface area contributed by atoms with Gasteiger partial charge < -0.3 is 15.7 Å². The highest BCUT2D eigenvalue weighted by molar-refractivity contribution is 5.95. The van der Waals surface area contributed by atoms with Crippen molar-refractivity contribution in [3.8, 4) is 0 Å². The normalized spacial score (nSPS) is 22.4. The Morgan fingerprint density at radius 3 is 2.38 bits per heavy atom. The molecular weight excluding hydrogens is 268 g/mol. The molecule has 2 rings (SSSR count). The lowest BCUT2D eigenvalue weighted by Crippen LogP contribution is -2.42. The quantitative estimate of drug-likeness (QED) is 0.836. The zero-order chi connectivity index (χ0) is 15.4. The smallest absolute Gasteiger partial charge is 0.335 e. The highest BCUT2D eigenvalue weighted by atomic mass is 16.4. The van der Waals surface area contributed by atoms with E-state index in [9.17, 15) is 9.59 Å². The first kappa shape index (κ1) is 15.5. The molecule has 21 heavy (non-hydrogen) atoms. The third-order valence-corrected chi connectivity index (χ3v) is 4.22. The topological polar surface area (TPSA) is 83.6 Å².